The Morgan fingerprint density at radius 3 is 2.70 bits per heavy atom. The van der Waals surface area contributed by atoms with Gasteiger partial charge in [0, 0.05) is 11.1 Å². The number of nitrogens with two attached hydrogens (primary N) is 1. The number of fused-ring (bicyclic) bond motifs is 1. The minimum absolute atomic E-state index is 0.00500. The van der Waals surface area contributed by atoms with Crippen molar-refractivity contribution in [2.75, 3.05) is 4.90 Å². The van der Waals surface area contributed by atoms with E-state index in [-0.39, 0.29) is 29.6 Å². The zero-order chi connectivity index (χ0) is 21.4. The number of rotatable bonds is 5. The SMILES string of the molecule is CCCc1cccc(N2C(=O)Cc3c(C(N)=O)nc(-c4ccc(C)c(O)c4)nc32)c1. The highest BCUT2D eigenvalue weighted by Crippen LogP contribution is 2.37. The van der Waals surface area contributed by atoms with E-state index in [1.165, 1.54) is 11.0 Å². The van der Waals surface area contributed by atoms with Crippen LogP contribution in [0.1, 0.15) is 40.5 Å². The number of hydrogen-bond donors (Lipinski definition) is 2. The minimum atomic E-state index is -0.722. The van der Waals surface area contributed by atoms with Crippen LogP contribution in [0.3, 0.4) is 0 Å². The maximum atomic E-state index is 12.9. The van der Waals surface area contributed by atoms with Crippen molar-refractivity contribution in [2.45, 2.75) is 33.1 Å². The fourth-order valence-electron chi connectivity index (χ4n) is 3.66. The molecule has 7 nitrogen and oxygen atoms in total. The third kappa shape index (κ3) is 3.39. The molecule has 0 aliphatic carbocycles. The van der Waals surface area contributed by atoms with Crippen molar-refractivity contribution in [1.82, 2.24) is 9.97 Å². The standard InChI is InChI=1S/C23H22N4O3/c1-3-5-14-6-4-7-16(10-14)27-19(29)12-17-20(21(24)30)25-22(26-23(17)27)15-9-8-13(2)18(28)11-15/h4,6-11,28H,3,5,12H2,1-2H3,(H2,24,30). The molecule has 1 aromatic heterocycles. The van der Waals surface area contributed by atoms with E-state index in [1.807, 2.05) is 24.3 Å². The summed E-state index contributed by atoms with van der Waals surface area (Å²) >= 11 is 0. The van der Waals surface area contributed by atoms with Crippen molar-refractivity contribution in [3.63, 3.8) is 0 Å². The molecule has 2 aromatic carbocycles. The molecule has 7 heteroatoms. The molecule has 3 N–H and O–H groups in total. The third-order valence-corrected chi connectivity index (χ3v) is 5.18. The van der Waals surface area contributed by atoms with Crippen molar-refractivity contribution in [3.05, 3.63) is 64.8 Å². The normalized spacial score (nSPS) is 12.9. The zero-order valence-corrected chi connectivity index (χ0v) is 16.8. The van der Waals surface area contributed by atoms with Gasteiger partial charge in [-0.05, 0) is 42.7 Å². The molecule has 2 amide bonds. The number of carbonyl (C=O) groups excluding carboxylic acids is 2. The largest absolute Gasteiger partial charge is 0.508 e. The van der Waals surface area contributed by atoms with E-state index in [9.17, 15) is 14.7 Å². The van der Waals surface area contributed by atoms with Gasteiger partial charge in [-0.15, -0.1) is 0 Å². The molecule has 1 aliphatic rings. The van der Waals surface area contributed by atoms with Crippen LogP contribution in [0.4, 0.5) is 11.5 Å². The lowest BCUT2D eigenvalue weighted by atomic mass is 10.1. The summed E-state index contributed by atoms with van der Waals surface area (Å²) in [5, 5.41) is 10.1. The Morgan fingerprint density at radius 1 is 1.20 bits per heavy atom. The highest BCUT2D eigenvalue weighted by molar-refractivity contribution is 6.09. The van der Waals surface area contributed by atoms with Crippen LogP contribution in [-0.4, -0.2) is 26.9 Å². The van der Waals surface area contributed by atoms with Crippen molar-refractivity contribution in [3.8, 4) is 17.1 Å². The van der Waals surface area contributed by atoms with Crippen LogP contribution >= 0.6 is 0 Å². The van der Waals surface area contributed by atoms with Crippen LogP contribution in [0.5, 0.6) is 5.75 Å². The average Bonchev–Trinajstić information content (AvgIpc) is 3.05. The molecular weight excluding hydrogens is 380 g/mol. The van der Waals surface area contributed by atoms with Gasteiger partial charge < -0.3 is 10.8 Å². The van der Waals surface area contributed by atoms with Crippen molar-refractivity contribution < 1.29 is 14.7 Å². The monoisotopic (exact) mass is 402 g/mol. The van der Waals surface area contributed by atoms with Crippen molar-refractivity contribution >= 4 is 23.3 Å². The molecule has 0 spiro atoms. The van der Waals surface area contributed by atoms with Gasteiger partial charge in [-0.25, -0.2) is 9.97 Å². The lowest BCUT2D eigenvalue weighted by Crippen LogP contribution is -2.22. The second-order valence-electron chi connectivity index (χ2n) is 7.39. The summed E-state index contributed by atoms with van der Waals surface area (Å²) in [5.74, 6) is -0.243. The molecule has 30 heavy (non-hydrogen) atoms. The Labute approximate surface area is 174 Å². The number of aromatic hydroxyl groups is 1. The van der Waals surface area contributed by atoms with E-state index < -0.39 is 5.91 Å². The number of amides is 2. The number of primary amides is 1. The van der Waals surface area contributed by atoms with Gasteiger partial charge in [-0.3, -0.25) is 14.5 Å². The summed E-state index contributed by atoms with van der Waals surface area (Å²) in [6.45, 7) is 3.87. The number of phenols is 1. The molecule has 2 heterocycles. The molecule has 3 aromatic rings. The Kier molecular flexibility index (Phi) is 4.95. The number of nitrogens with zero attached hydrogens (tertiary/aromatic N) is 3. The van der Waals surface area contributed by atoms with Gasteiger partial charge in [0.05, 0.1) is 12.1 Å². The van der Waals surface area contributed by atoms with Crippen LogP contribution in [0.2, 0.25) is 0 Å². The molecule has 4 rings (SSSR count). The Hall–Kier alpha value is -3.74. The second-order valence-corrected chi connectivity index (χ2v) is 7.39. The van der Waals surface area contributed by atoms with Crippen LogP contribution in [0.25, 0.3) is 11.4 Å². The number of benzene rings is 2. The molecule has 1 aliphatic heterocycles. The summed E-state index contributed by atoms with van der Waals surface area (Å²) in [5.41, 5.74) is 9.06. The Balaban J connectivity index is 1.89. The van der Waals surface area contributed by atoms with Gasteiger partial charge >= 0.3 is 0 Å². The summed E-state index contributed by atoms with van der Waals surface area (Å²) in [6.07, 6.45) is 1.89. The molecule has 152 valence electrons. The Morgan fingerprint density at radius 2 is 2.00 bits per heavy atom. The molecule has 0 radical (unpaired) electrons. The van der Waals surface area contributed by atoms with Gasteiger partial charge in [-0.2, -0.15) is 0 Å². The van der Waals surface area contributed by atoms with Crippen LogP contribution in [-0.2, 0) is 17.6 Å². The number of hydrogen-bond acceptors (Lipinski definition) is 5. The van der Waals surface area contributed by atoms with Crippen molar-refractivity contribution in [2.24, 2.45) is 5.73 Å². The first-order valence-electron chi connectivity index (χ1n) is 9.81. The minimum Gasteiger partial charge on any atom is -0.508 e. The molecular formula is C23H22N4O3. The number of carbonyl (C=O) groups is 2. The van der Waals surface area contributed by atoms with Gasteiger partial charge in [-0.1, -0.05) is 37.6 Å². The molecule has 0 fully saturated rings. The first-order valence-corrected chi connectivity index (χ1v) is 9.81. The highest BCUT2D eigenvalue weighted by atomic mass is 16.3. The molecule has 0 unspecified atom stereocenters. The molecule has 0 bridgehead atoms. The molecule has 0 saturated heterocycles. The average molecular weight is 402 g/mol. The van der Waals surface area contributed by atoms with Gasteiger partial charge in [0.25, 0.3) is 5.91 Å². The van der Waals surface area contributed by atoms with E-state index in [0.29, 0.717) is 28.2 Å². The zero-order valence-electron chi connectivity index (χ0n) is 16.8. The van der Waals surface area contributed by atoms with Crippen LogP contribution < -0.4 is 10.6 Å². The van der Waals surface area contributed by atoms with E-state index in [4.69, 9.17) is 5.73 Å². The summed E-state index contributed by atoms with van der Waals surface area (Å²) < 4.78 is 0. The predicted molar refractivity (Wildman–Crippen MR) is 114 cm³/mol. The summed E-state index contributed by atoms with van der Waals surface area (Å²) in [6, 6.07) is 12.7. The van der Waals surface area contributed by atoms with Gasteiger partial charge in [0.2, 0.25) is 5.91 Å². The fourth-order valence-corrected chi connectivity index (χ4v) is 3.66. The maximum absolute atomic E-state index is 12.9. The number of aryl methyl sites for hydroxylation is 2. The van der Waals surface area contributed by atoms with E-state index in [0.717, 1.165) is 18.4 Å². The molecule has 0 atom stereocenters. The second kappa shape index (κ2) is 7.59. The topological polar surface area (TPSA) is 109 Å². The van der Waals surface area contributed by atoms with E-state index >= 15 is 0 Å². The van der Waals surface area contributed by atoms with E-state index in [1.54, 1.807) is 19.1 Å². The lowest BCUT2D eigenvalue weighted by Gasteiger charge is -2.18. The third-order valence-electron chi connectivity index (χ3n) is 5.18. The number of phenolic OH excluding ortho intramolecular Hbond substituents is 1. The first kappa shape index (κ1) is 19.6. The van der Waals surface area contributed by atoms with Gasteiger partial charge in [0.1, 0.15) is 17.3 Å². The van der Waals surface area contributed by atoms with Crippen molar-refractivity contribution in [1.29, 1.82) is 0 Å². The fraction of sp³-hybridized carbons (Fsp3) is 0.217. The molecule has 0 saturated carbocycles. The Bertz CT molecular complexity index is 1170. The summed E-state index contributed by atoms with van der Waals surface area (Å²) in [4.78, 5) is 35.4. The van der Waals surface area contributed by atoms with E-state index in [2.05, 4.69) is 16.9 Å². The van der Waals surface area contributed by atoms with Gasteiger partial charge in [0.15, 0.2) is 5.82 Å². The van der Waals surface area contributed by atoms with Crippen LogP contribution in [0.15, 0.2) is 42.5 Å². The smallest absolute Gasteiger partial charge is 0.267 e. The maximum Gasteiger partial charge on any atom is 0.267 e. The first-order chi connectivity index (χ1) is 14.4. The quantitative estimate of drug-likeness (QED) is 0.679. The summed E-state index contributed by atoms with van der Waals surface area (Å²) in [7, 11) is 0. The predicted octanol–water partition coefficient (Wildman–Crippen LogP) is 3.43. The highest BCUT2D eigenvalue weighted by Gasteiger charge is 2.35. The number of anilines is 2. The number of aromatic nitrogens is 2. The lowest BCUT2D eigenvalue weighted by molar-refractivity contribution is -0.116. The van der Waals surface area contributed by atoms with Crippen LogP contribution in [0, 0.1) is 6.92 Å².